The SMILES string of the molecule is C=CCO/N=C(\C(=O)NC1C(=O)N2C(C(=O)O)=C(CN(C)c3sc(C(=O)OCC)c(C)[n+]3C)CSC12)c1csc(N)n1. The van der Waals surface area contributed by atoms with Crippen LogP contribution >= 0.6 is 34.4 Å². The number of hydrogen-bond acceptors (Lipinski definition) is 13. The van der Waals surface area contributed by atoms with E-state index in [1.54, 1.807) is 20.9 Å². The molecule has 0 aromatic carbocycles. The van der Waals surface area contributed by atoms with Gasteiger partial charge in [0.25, 0.3) is 11.8 Å². The molecule has 4 N–H and O–H groups in total. The molecule has 4 rings (SSSR count). The zero-order valence-corrected chi connectivity index (χ0v) is 25.7. The second-order valence-corrected chi connectivity index (χ2v) is 12.1. The van der Waals surface area contributed by atoms with Crippen molar-refractivity contribution in [2.24, 2.45) is 12.2 Å². The highest BCUT2D eigenvalue weighted by atomic mass is 32.2. The number of carboxylic acid groups (broad SMARTS) is 1. The molecule has 224 valence electrons. The van der Waals surface area contributed by atoms with Gasteiger partial charge in [-0.1, -0.05) is 17.8 Å². The number of aromatic nitrogens is 2. The van der Waals surface area contributed by atoms with Crippen LogP contribution in [0.1, 0.15) is 28.0 Å². The van der Waals surface area contributed by atoms with Crippen molar-refractivity contribution < 1.29 is 38.4 Å². The number of hydrogen-bond donors (Lipinski definition) is 3. The molecule has 2 aliphatic heterocycles. The fourth-order valence-electron chi connectivity index (χ4n) is 4.37. The van der Waals surface area contributed by atoms with E-state index in [-0.39, 0.29) is 42.0 Å². The van der Waals surface area contributed by atoms with E-state index in [0.717, 1.165) is 17.0 Å². The van der Waals surface area contributed by atoms with E-state index in [2.05, 4.69) is 22.0 Å². The van der Waals surface area contributed by atoms with Crippen LogP contribution in [-0.4, -0.2) is 88.4 Å². The number of anilines is 2. The van der Waals surface area contributed by atoms with Crippen LogP contribution < -0.4 is 20.5 Å². The average Bonchev–Trinajstić information content (AvgIpc) is 3.51. The van der Waals surface area contributed by atoms with Crippen LogP contribution in [0.5, 0.6) is 0 Å². The summed E-state index contributed by atoms with van der Waals surface area (Å²) in [7, 11) is 3.59. The molecule has 2 aromatic rings. The summed E-state index contributed by atoms with van der Waals surface area (Å²) in [6.45, 7) is 7.56. The van der Waals surface area contributed by atoms with Gasteiger partial charge in [-0.3, -0.25) is 19.4 Å². The number of thioether (sulfide) groups is 1. The van der Waals surface area contributed by atoms with Crippen LogP contribution in [0.25, 0.3) is 0 Å². The Bertz CT molecular complexity index is 1500. The lowest BCUT2D eigenvalue weighted by Crippen LogP contribution is -2.71. The van der Waals surface area contributed by atoms with E-state index in [1.165, 1.54) is 39.5 Å². The summed E-state index contributed by atoms with van der Waals surface area (Å²) in [5.74, 6) is -2.65. The molecule has 0 radical (unpaired) electrons. The van der Waals surface area contributed by atoms with E-state index in [9.17, 15) is 24.3 Å². The van der Waals surface area contributed by atoms with Gasteiger partial charge in [0, 0.05) is 16.7 Å². The highest BCUT2D eigenvalue weighted by Gasteiger charge is 2.54. The number of likely N-dealkylation sites (N-methyl/N-ethyl adjacent to an activating group) is 1. The summed E-state index contributed by atoms with van der Waals surface area (Å²) in [5, 5.41) is 18.4. The first-order valence-electron chi connectivity index (χ1n) is 12.6. The van der Waals surface area contributed by atoms with E-state index < -0.39 is 35.2 Å². The number of carboxylic acids is 1. The Morgan fingerprint density at radius 2 is 2.17 bits per heavy atom. The van der Waals surface area contributed by atoms with Crippen molar-refractivity contribution in [2.45, 2.75) is 25.3 Å². The second-order valence-electron chi connectivity index (χ2n) is 9.15. The number of amides is 2. The number of nitrogens with two attached hydrogens (primary N) is 1. The van der Waals surface area contributed by atoms with E-state index >= 15 is 0 Å². The number of aliphatic carboxylic acids is 1. The van der Waals surface area contributed by atoms with Crippen LogP contribution in [-0.2, 0) is 31.0 Å². The maximum absolute atomic E-state index is 13.2. The number of ether oxygens (including phenoxy) is 1. The van der Waals surface area contributed by atoms with Crippen LogP contribution in [0.15, 0.2) is 34.5 Å². The third kappa shape index (κ3) is 5.98. The molecule has 1 saturated heterocycles. The topological polar surface area (TPSA) is 181 Å². The summed E-state index contributed by atoms with van der Waals surface area (Å²) >= 11 is 3.69. The van der Waals surface area contributed by atoms with Crippen molar-refractivity contribution in [2.75, 3.05) is 43.2 Å². The molecule has 2 atom stereocenters. The summed E-state index contributed by atoms with van der Waals surface area (Å²) in [5.41, 5.74) is 6.83. The standard InChI is InChI=1S/C25H29N7O7S3/c1-6-8-39-29-15(14-11-41-24(26)27-14)19(33)28-16-20(34)32-17(22(35)36)13(10-40-21(16)32)9-30(4)25-31(5)12(3)18(42-25)23(37)38-7-2/h6,11,16,21H,1,7-10H2,2-5H3,(H3-,26,27,28,33,35,36)/p+1/b29-15-. The minimum Gasteiger partial charge on any atom is -0.477 e. The molecule has 2 aliphatic rings. The molecule has 0 aliphatic carbocycles. The smallest absolute Gasteiger partial charge is 0.352 e. The lowest BCUT2D eigenvalue weighted by molar-refractivity contribution is -0.660. The summed E-state index contributed by atoms with van der Waals surface area (Å²) in [6.07, 6.45) is 1.45. The zero-order chi connectivity index (χ0) is 30.7. The molecule has 4 heterocycles. The number of oxime groups is 1. The Kier molecular flexibility index (Phi) is 9.53. The number of β-lactam (4-membered cyclic amide) rings is 1. The van der Waals surface area contributed by atoms with Gasteiger partial charge in [-0.2, -0.15) is 0 Å². The van der Waals surface area contributed by atoms with E-state index in [4.69, 9.17) is 15.3 Å². The van der Waals surface area contributed by atoms with Gasteiger partial charge in [0.05, 0.1) is 20.7 Å². The van der Waals surface area contributed by atoms with Crippen LogP contribution in [0, 0.1) is 6.92 Å². The molecule has 14 nitrogen and oxygen atoms in total. The first-order valence-corrected chi connectivity index (χ1v) is 15.3. The van der Waals surface area contributed by atoms with Gasteiger partial charge in [0.15, 0.2) is 15.7 Å². The maximum atomic E-state index is 13.2. The number of rotatable bonds is 12. The van der Waals surface area contributed by atoms with Crippen LogP contribution in [0.2, 0.25) is 0 Å². The van der Waals surface area contributed by atoms with Crippen LogP contribution in [0.4, 0.5) is 10.3 Å². The van der Waals surface area contributed by atoms with Gasteiger partial charge >= 0.3 is 17.1 Å². The van der Waals surface area contributed by atoms with E-state index in [1.807, 2.05) is 16.5 Å². The van der Waals surface area contributed by atoms with Crippen molar-refractivity contribution in [3.05, 3.63) is 45.6 Å². The van der Waals surface area contributed by atoms with Crippen molar-refractivity contribution >= 4 is 74.2 Å². The van der Waals surface area contributed by atoms with Crippen LogP contribution in [0.3, 0.4) is 0 Å². The molecular formula is C25H30N7O7S3+. The number of nitrogen functional groups attached to an aromatic ring is 1. The Labute approximate surface area is 253 Å². The zero-order valence-electron chi connectivity index (χ0n) is 23.3. The van der Waals surface area contributed by atoms with Crippen molar-refractivity contribution in [1.82, 2.24) is 15.2 Å². The molecule has 0 saturated carbocycles. The predicted molar refractivity (Wildman–Crippen MR) is 158 cm³/mol. The molecule has 2 unspecified atom stereocenters. The number of thiazole rings is 2. The first-order chi connectivity index (χ1) is 20.0. The maximum Gasteiger partial charge on any atom is 0.352 e. The largest absolute Gasteiger partial charge is 0.477 e. The Morgan fingerprint density at radius 1 is 1.43 bits per heavy atom. The number of carbonyl (C=O) groups excluding carboxylic acids is 3. The molecule has 2 aromatic heterocycles. The molecule has 0 spiro atoms. The Balaban J connectivity index is 1.53. The Morgan fingerprint density at radius 3 is 2.79 bits per heavy atom. The van der Waals surface area contributed by atoms with Crippen molar-refractivity contribution in [3.63, 3.8) is 0 Å². The molecule has 42 heavy (non-hydrogen) atoms. The van der Waals surface area contributed by atoms with Gasteiger partial charge in [-0.25, -0.2) is 19.1 Å². The quantitative estimate of drug-likeness (QED) is 0.0572. The Hall–Kier alpha value is -3.96. The summed E-state index contributed by atoms with van der Waals surface area (Å²) in [4.78, 5) is 63.8. The normalized spacial score (nSPS) is 18.2. The highest BCUT2D eigenvalue weighted by Crippen LogP contribution is 2.41. The summed E-state index contributed by atoms with van der Waals surface area (Å²) in [6, 6.07) is -0.985. The lowest BCUT2D eigenvalue weighted by atomic mass is 10.0. The lowest BCUT2D eigenvalue weighted by Gasteiger charge is -2.49. The second kappa shape index (κ2) is 12.9. The molecule has 1 fully saturated rings. The number of esters is 1. The first kappa shape index (κ1) is 31.0. The summed E-state index contributed by atoms with van der Waals surface area (Å²) < 4.78 is 6.99. The third-order valence-electron chi connectivity index (χ3n) is 6.39. The van der Waals surface area contributed by atoms with Gasteiger partial charge < -0.3 is 25.7 Å². The number of fused-ring (bicyclic) bond motifs is 1. The number of carbonyl (C=O) groups is 4. The minimum atomic E-state index is -1.25. The third-order valence-corrected chi connectivity index (χ3v) is 9.84. The fourth-order valence-corrected chi connectivity index (χ4v) is 7.36. The highest BCUT2D eigenvalue weighted by molar-refractivity contribution is 8.00. The minimum absolute atomic E-state index is 0.0439. The molecule has 2 amide bonds. The van der Waals surface area contributed by atoms with Gasteiger partial charge in [-0.15, -0.1) is 23.1 Å². The monoisotopic (exact) mass is 636 g/mol. The molecule has 0 bridgehead atoms. The van der Waals surface area contributed by atoms with Gasteiger partial charge in [0.2, 0.25) is 0 Å². The molecular weight excluding hydrogens is 607 g/mol. The predicted octanol–water partition coefficient (Wildman–Crippen LogP) is 0.878. The van der Waals surface area contributed by atoms with Gasteiger partial charge in [0.1, 0.15) is 41.7 Å². The number of nitrogens with zero attached hydrogens (tertiary/aromatic N) is 5. The average molecular weight is 637 g/mol. The fraction of sp³-hybridized carbons (Fsp3) is 0.400. The number of nitrogens with one attached hydrogen (secondary N) is 1. The molecule has 17 heteroatoms. The van der Waals surface area contributed by atoms with Gasteiger partial charge in [-0.05, 0) is 25.2 Å². The van der Waals surface area contributed by atoms with Crippen molar-refractivity contribution in [3.8, 4) is 0 Å². The van der Waals surface area contributed by atoms with Crippen molar-refractivity contribution in [1.29, 1.82) is 0 Å². The van der Waals surface area contributed by atoms with E-state index in [0.29, 0.717) is 21.3 Å².